The molecule has 0 aliphatic heterocycles. The highest BCUT2D eigenvalue weighted by atomic mass is 35.5. The molecule has 0 amide bonds. The van der Waals surface area contributed by atoms with Crippen molar-refractivity contribution in [1.29, 1.82) is 0 Å². The Morgan fingerprint density at radius 1 is 1.40 bits per heavy atom. The van der Waals surface area contributed by atoms with Crippen molar-refractivity contribution in [2.75, 3.05) is 5.84 Å². The number of hydrogen-bond donors (Lipinski definition) is 1. The molecule has 20 heavy (non-hydrogen) atoms. The summed E-state index contributed by atoms with van der Waals surface area (Å²) in [5, 5.41) is 19.3. The van der Waals surface area contributed by atoms with Crippen molar-refractivity contribution in [2.24, 2.45) is 0 Å². The molecule has 0 unspecified atom stereocenters. The van der Waals surface area contributed by atoms with Gasteiger partial charge < -0.3 is 5.84 Å². The third kappa shape index (κ3) is 2.82. The van der Waals surface area contributed by atoms with Crippen LogP contribution >= 0.6 is 35.0 Å². The van der Waals surface area contributed by atoms with Crippen LogP contribution in [0.5, 0.6) is 0 Å². The van der Waals surface area contributed by atoms with Crippen LogP contribution in [0.25, 0.3) is 0 Å². The van der Waals surface area contributed by atoms with E-state index in [4.69, 9.17) is 29.0 Å². The Labute approximate surface area is 128 Å². The SMILES string of the molecule is CCc1nnc(Sc2c(Cl)cc([N+](=O)[O-])cc2Cl)n1N. The summed E-state index contributed by atoms with van der Waals surface area (Å²) in [5.74, 6) is 6.43. The second-order valence-electron chi connectivity index (χ2n) is 3.72. The first-order chi connectivity index (χ1) is 9.43. The van der Waals surface area contributed by atoms with Gasteiger partial charge in [-0.25, -0.2) is 4.68 Å². The number of nitrogen functional groups attached to an aromatic ring is 1. The smallest absolute Gasteiger partial charge is 0.272 e. The van der Waals surface area contributed by atoms with Crippen LogP contribution in [0, 0.1) is 10.1 Å². The number of hydrogen-bond acceptors (Lipinski definition) is 6. The van der Waals surface area contributed by atoms with Gasteiger partial charge in [0.05, 0.1) is 19.9 Å². The highest BCUT2D eigenvalue weighted by Crippen LogP contribution is 2.40. The third-order valence-electron chi connectivity index (χ3n) is 2.44. The zero-order valence-electron chi connectivity index (χ0n) is 10.2. The normalized spacial score (nSPS) is 10.8. The summed E-state index contributed by atoms with van der Waals surface area (Å²) >= 11 is 13.1. The monoisotopic (exact) mass is 333 g/mol. The maximum absolute atomic E-state index is 10.7. The number of rotatable bonds is 4. The number of nitrogens with two attached hydrogens (primary N) is 1. The first kappa shape index (κ1) is 14.9. The number of benzene rings is 1. The van der Waals surface area contributed by atoms with Crippen LogP contribution in [0.1, 0.15) is 12.7 Å². The number of halogens is 2. The Morgan fingerprint density at radius 3 is 2.45 bits per heavy atom. The van der Waals surface area contributed by atoms with Crippen LogP contribution in [0.15, 0.2) is 22.2 Å². The van der Waals surface area contributed by atoms with E-state index in [2.05, 4.69) is 10.2 Å². The molecule has 0 aliphatic rings. The minimum absolute atomic E-state index is 0.162. The van der Waals surface area contributed by atoms with Crippen LogP contribution in [0.3, 0.4) is 0 Å². The van der Waals surface area contributed by atoms with Crippen molar-refractivity contribution in [3.05, 3.63) is 38.1 Å². The van der Waals surface area contributed by atoms with E-state index in [-0.39, 0.29) is 15.7 Å². The van der Waals surface area contributed by atoms with Gasteiger partial charge in [0.15, 0.2) is 5.82 Å². The van der Waals surface area contributed by atoms with Crippen LogP contribution in [-0.2, 0) is 6.42 Å². The molecule has 0 saturated heterocycles. The number of nitrogens with zero attached hydrogens (tertiary/aromatic N) is 4. The molecule has 2 rings (SSSR count). The number of nitro benzene ring substituents is 1. The summed E-state index contributed by atoms with van der Waals surface area (Å²) in [6.45, 7) is 1.90. The summed E-state index contributed by atoms with van der Waals surface area (Å²) in [4.78, 5) is 10.6. The Hall–Kier alpha value is -1.51. The molecule has 0 atom stereocenters. The predicted molar refractivity (Wildman–Crippen MR) is 76.8 cm³/mol. The van der Waals surface area contributed by atoms with Crippen molar-refractivity contribution < 1.29 is 4.92 Å². The molecule has 0 fully saturated rings. The molecule has 0 saturated carbocycles. The van der Waals surface area contributed by atoms with Crippen molar-refractivity contribution in [2.45, 2.75) is 23.4 Å². The molecule has 1 heterocycles. The lowest BCUT2D eigenvalue weighted by molar-refractivity contribution is -0.384. The summed E-state index contributed by atoms with van der Waals surface area (Å²) in [6.07, 6.45) is 0.631. The van der Waals surface area contributed by atoms with E-state index in [1.807, 2.05) is 6.92 Å². The molecule has 0 spiro atoms. The van der Waals surface area contributed by atoms with Gasteiger partial charge in [-0.05, 0) is 11.8 Å². The van der Waals surface area contributed by atoms with Gasteiger partial charge in [-0.3, -0.25) is 10.1 Å². The van der Waals surface area contributed by atoms with E-state index in [0.29, 0.717) is 22.3 Å². The minimum atomic E-state index is -0.563. The topological polar surface area (TPSA) is 99.9 Å². The molecule has 1 aromatic heterocycles. The molecule has 2 N–H and O–H groups in total. The lowest BCUT2D eigenvalue weighted by Gasteiger charge is -2.06. The average molecular weight is 334 g/mol. The summed E-state index contributed by atoms with van der Waals surface area (Å²) < 4.78 is 1.33. The van der Waals surface area contributed by atoms with E-state index in [9.17, 15) is 10.1 Å². The van der Waals surface area contributed by atoms with Crippen LogP contribution in [0.2, 0.25) is 10.0 Å². The Bertz CT molecular complexity index is 653. The molecule has 2 aromatic rings. The van der Waals surface area contributed by atoms with E-state index in [1.165, 1.54) is 16.8 Å². The van der Waals surface area contributed by atoms with Gasteiger partial charge in [0.1, 0.15) is 0 Å². The van der Waals surface area contributed by atoms with Crippen LogP contribution < -0.4 is 5.84 Å². The fourth-order valence-corrected chi connectivity index (χ4v) is 2.95. The second kappa shape index (κ2) is 5.86. The van der Waals surface area contributed by atoms with E-state index in [0.717, 1.165) is 11.8 Å². The van der Waals surface area contributed by atoms with Crippen molar-refractivity contribution >= 4 is 40.7 Å². The second-order valence-corrected chi connectivity index (χ2v) is 5.51. The number of non-ortho nitro benzene ring substituents is 1. The van der Waals surface area contributed by atoms with Crippen molar-refractivity contribution in [1.82, 2.24) is 14.9 Å². The standard InChI is InChI=1S/C10H9Cl2N5O2S/c1-2-8-14-15-10(16(8)13)20-9-6(11)3-5(17(18)19)4-7(9)12/h3-4H,2,13H2,1H3. The number of aryl methyl sites for hydroxylation is 1. The highest BCUT2D eigenvalue weighted by molar-refractivity contribution is 7.99. The minimum Gasteiger partial charge on any atom is -0.336 e. The third-order valence-corrected chi connectivity index (χ3v) is 4.36. The van der Waals surface area contributed by atoms with E-state index in [1.54, 1.807) is 0 Å². The van der Waals surface area contributed by atoms with Gasteiger partial charge >= 0.3 is 0 Å². The fourth-order valence-electron chi connectivity index (χ4n) is 1.46. The molecule has 106 valence electrons. The predicted octanol–water partition coefficient (Wildman–Crippen LogP) is 2.92. The molecule has 0 radical (unpaired) electrons. The zero-order chi connectivity index (χ0) is 14.9. The van der Waals surface area contributed by atoms with Gasteiger partial charge in [0.2, 0.25) is 5.16 Å². The summed E-state index contributed by atoms with van der Waals surface area (Å²) in [6, 6.07) is 2.46. The molecule has 0 bridgehead atoms. The summed E-state index contributed by atoms with van der Waals surface area (Å²) in [5.41, 5.74) is -0.173. The Kier molecular flexibility index (Phi) is 4.36. The Morgan fingerprint density at radius 2 is 2.00 bits per heavy atom. The van der Waals surface area contributed by atoms with Gasteiger partial charge in [-0.1, -0.05) is 30.1 Å². The average Bonchev–Trinajstić information content (AvgIpc) is 2.74. The maximum atomic E-state index is 10.7. The van der Waals surface area contributed by atoms with E-state index < -0.39 is 4.92 Å². The Balaban J connectivity index is 2.38. The van der Waals surface area contributed by atoms with Gasteiger partial charge in [0, 0.05) is 18.6 Å². The lowest BCUT2D eigenvalue weighted by Crippen LogP contribution is -2.13. The molecule has 1 aromatic carbocycles. The molecular weight excluding hydrogens is 325 g/mol. The van der Waals surface area contributed by atoms with Crippen LogP contribution in [-0.4, -0.2) is 19.8 Å². The van der Waals surface area contributed by atoms with Crippen molar-refractivity contribution in [3.63, 3.8) is 0 Å². The van der Waals surface area contributed by atoms with Crippen molar-refractivity contribution in [3.8, 4) is 0 Å². The molecule has 0 aliphatic carbocycles. The molecule has 10 heteroatoms. The first-order valence-electron chi connectivity index (χ1n) is 5.44. The molecular formula is C10H9Cl2N5O2S. The lowest BCUT2D eigenvalue weighted by atomic mass is 10.3. The zero-order valence-corrected chi connectivity index (χ0v) is 12.5. The van der Waals surface area contributed by atoms with E-state index >= 15 is 0 Å². The van der Waals surface area contributed by atoms with Gasteiger partial charge in [-0.15, -0.1) is 10.2 Å². The largest absolute Gasteiger partial charge is 0.336 e. The summed E-state index contributed by atoms with van der Waals surface area (Å²) in [7, 11) is 0. The quantitative estimate of drug-likeness (QED) is 0.524. The maximum Gasteiger partial charge on any atom is 0.272 e. The molecule has 7 nitrogen and oxygen atoms in total. The number of nitro groups is 1. The fraction of sp³-hybridized carbons (Fsp3) is 0.200. The van der Waals surface area contributed by atoms with Gasteiger partial charge in [-0.2, -0.15) is 0 Å². The highest BCUT2D eigenvalue weighted by Gasteiger charge is 2.18. The van der Waals surface area contributed by atoms with Crippen LogP contribution in [0.4, 0.5) is 5.69 Å². The van der Waals surface area contributed by atoms with Gasteiger partial charge in [0.25, 0.3) is 5.69 Å². The first-order valence-corrected chi connectivity index (χ1v) is 7.02. The number of aromatic nitrogens is 3.